The van der Waals surface area contributed by atoms with Crippen LogP contribution in [0.15, 0.2) is 66.8 Å². The zero-order valence-electron chi connectivity index (χ0n) is 15.8. The fourth-order valence-electron chi connectivity index (χ4n) is 5.73. The topological polar surface area (TPSA) is 32.3 Å². The third kappa shape index (κ3) is 2.39. The smallest absolute Gasteiger partial charge is 0.255 e. The van der Waals surface area contributed by atoms with E-state index in [0.717, 1.165) is 37.2 Å². The predicted molar refractivity (Wildman–Crippen MR) is 113 cm³/mol. The van der Waals surface area contributed by atoms with Gasteiger partial charge in [-0.15, -0.1) is 0 Å². The molecule has 0 spiro atoms. The molecule has 0 saturated heterocycles. The van der Waals surface area contributed by atoms with Crippen LogP contribution in [0.1, 0.15) is 46.2 Å². The predicted octanol–water partition coefficient (Wildman–Crippen LogP) is 5.09. The van der Waals surface area contributed by atoms with Crippen LogP contribution in [0.2, 0.25) is 0 Å². The summed E-state index contributed by atoms with van der Waals surface area (Å²) in [6.07, 6.45) is 11.7. The first-order valence-corrected chi connectivity index (χ1v) is 10.4. The standard InChI is InChI=1S/C25H24N2O/c28-25(26-19-8-2-1-3-9-19)18-12-22-20-10-4-6-16(20)14-27-15-17-7-5-11-21(17)23(13-18)24(22)27/h1-5,8-13,16-17,20-21H,6-7,14-15H2,(H,26,28)/t16-,17-,20-,21-/m1/s1. The first-order chi connectivity index (χ1) is 13.8. The quantitative estimate of drug-likeness (QED) is 0.749. The Morgan fingerprint density at radius 1 is 0.893 bits per heavy atom. The van der Waals surface area contributed by atoms with Crippen molar-refractivity contribution in [3.63, 3.8) is 0 Å². The molecule has 6 rings (SSSR count). The average Bonchev–Trinajstić information content (AvgIpc) is 3.38. The molecule has 3 nitrogen and oxygen atoms in total. The molecule has 2 aromatic rings. The van der Waals surface area contributed by atoms with Crippen LogP contribution in [0.25, 0.3) is 0 Å². The van der Waals surface area contributed by atoms with Crippen LogP contribution in [0.3, 0.4) is 0 Å². The van der Waals surface area contributed by atoms with Crippen LogP contribution < -0.4 is 10.2 Å². The lowest BCUT2D eigenvalue weighted by atomic mass is 9.74. The Balaban J connectivity index is 1.47. The second-order valence-electron chi connectivity index (χ2n) is 8.63. The molecule has 2 aliphatic carbocycles. The van der Waals surface area contributed by atoms with E-state index in [1.807, 2.05) is 30.3 Å². The maximum absolute atomic E-state index is 13.1. The lowest BCUT2D eigenvalue weighted by molar-refractivity contribution is 0.102. The third-order valence-electron chi connectivity index (χ3n) is 6.99. The first kappa shape index (κ1) is 16.2. The van der Waals surface area contributed by atoms with Crippen LogP contribution in [0.5, 0.6) is 0 Å². The van der Waals surface area contributed by atoms with Gasteiger partial charge in [0.15, 0.2) is 0 Å². The molecule has 0 unspecified atom stereocenters. The van der Waals surface area contributed by atoms with Gasteiger partial charge in [-0.2, -0.15) is 0 Å². The number of rotatable bonds is 2. The van der Waals surface area contributed by atoms with Crippen LogP contribution in [-0.4, -0.2) is 19.0 Å². The van der Waals surface area contributed by atoms with Crippen molar-refractivity contribution in [3.05, 3.63) is 83.5 Å². The lowest BCUT2D eigenvalue weighted by Crippen LogP contribution is -2.43. The second-order valence-corrected chi connectivity index (χ2v) is 8.63. The summed E-state index contributed by atoms with van der Waals surface area (Å²) in [5, 5.41) is 3.08. The average molecular weight is 368 g/mol. The van der Waals surface area contributed by atoms with Gasteiger partial charge in [-0.05, 0) is 60.1 Å². The fourth-order valence-corrected chi connectivity index (χ4v) is 5.73. The molecule has 1 amide bonds. The Morgan fingerprint density at radius 3 is 2.11 bits per heavy atom. The summed E-state index contributed by atoms with van der Waals surface area (Å²) in [7, 11) is 0. The Bertz CT molecular complexity index is 955. The number of nitrogens with zero attached hydrogens (tertiary/aromatic N) is 1. The number of benzene rings is 2. The molecule has 2 heterocycles. The molecule has 0 saturated carbocycles. The van der Waals surface area contributed by atoms with E-state index in [2.05, 4.69) is 46.7 Å². The normalized spacial score (nSPS) is 28.6. The number of carbonyl (C=O) groups excluding carboxylic acids is 1. The molecule has 0 bridgehead atoms. The van der Waals surface area contributed by atoms with Crippen molar-refractivity contribution in [2.24, 2.45) is 11.8 Å². The van der Waals surface area contributed by atoms with E-state index in [-0.39, 0.29) is 5.91 Å². The van der Waals surface area contributed by atoms with E-state index < -0.39 is 0 Å². The Hall–Kier alpha value is -2.81. The zero-order chi connectivity index (χ0) is 18.7. The van der Waals surface area contributed by atoms with E-state index >= 15 is 0 Å². The molecule has 140 valence electrons. The maximum atomic E-state index is 13.1. The Kier molecular flexibility index (Phi) is 3.52. The number of carbonyl (C=O) groups is 1. The molecule has 3 heteroatoms. The van der Waals surface area contributed by atoms with Gasteiger partial charge in [0.05, 0.1) is 0 Å². The van der Waals surface area contributed by atoms with E-state index in [0.29, 0.717) is 23.7 Å². The molecule has 2 aliphatic heterocycles. The number of nitrogens with one attached hydrogen (secondary N) is 1. The van der Waals surface area contributed by atoms with Crippen LogP contribution in [0.4, 0.5) is 11.4 Å². The van der Waals surface area contributed by atoms with Crippen molar-refractivity contribution in [2.75, 3.05) is 23.3 Å². The van der Waals surface area contributed by atoms with Gasteiger partial charge in [-0.1, -0.05) is 42.5 Å². The molecule has 4 aliphatic rings. The van der Waals surface area contributed by atoms with E-state index in [4.69, 9.17) is 0 Å². The van der Waals surface area contributed by atoms with Crippen LogP contribution in [-0.2, 0) is 0 Å². The van der Waals surface area contributed by atoms with E-state index in [1.54, 1.807) is 0 Å². The highest BCUT2D eigenvalue weighted by molar-refractivity contribution is 6.05. The molecule has 0 radical (unpaired) electrons. The van der Waals surface area contributed by atoms with Gasteiger partial charge in [0.2, 0.25) is 0 Å². The SMILES string of the molecule is O=C(Nc1ccccc1)c1cc2c3c(c1)[C@@H]1C=CC[C@@H]1CN3C[C@H]1CC=C[C@@H]21. The zero-order valence-corrected chi connectivity index (χ0v) is 15.8. The van der Waals surface area contributed by atoms with Crippen molar-refractivity contribution in [1.82, 2.24) is 0 Å². The molecule has 28 heavy (non-hydrogen) atoms. The highest BCUT2D eigenvalue weighted by Crippen LogP contribution is 2.53. The number of fused-ring (bicyclic) bond motifs is 4. The molecule has 0 fully saturated rings. The van der Waals surface area contributed by atoms with Gasteiger partial charge >= 0.3 is 0 Å². The number of para-hydroxylation sites is 1. The minimum atomic E-state index is -0.00926. The third-order valence-corrected chi connectivity index (χ3v) is 6.99. The van der Waals surface area contributed by atoms with Gasteiger partial charge in [0.1, 0.15) is 0 Å². The van der Waals surface area contributed by atoms with Crippen molar-refractivity contribution in [2.45, 2.75) is 24.7 Å². The summed E-state index contributed by atoms with van der Waals surface area (Å²) in [4.78, 5) is 15.7. The summed E-state index contributed by atoms with van der Waals surface area (Å²) in [5.41, 5.74) is 5.77. The summed E-state index contributed by atoms with van der Waals surface area (Å²) in [5.74, 6) is 2.20. The molecular formula is C25H24N2O. The maximum Gasteiger partial charge on any atom is 0.255 e. The fraction of sp³-hybridized carbons (Fsp3) is 0.320. The molecule has 4 atom stereocenters. The Morgan fingerprint density at radius 2 is 1.50 bits per heavy atom. The van der Waals surface area contributed by atoms with Gasteiger partial charge < -0.3 is 10.2 Å². The van der Waals surface area contributed by atoms with Gasteiger partial charge in [0, 0.05) is 41.9 Å². The largest absolute Gasteiger partial charge is 0.370 e. The Labute approximate surface area is 165 Å². The van der Waals surface area contributed by atoms with Gasteiger partial charge in [0.25, 0.3) is 5.91 Å². The molecule has 0 aromatic heterocycles. The number of anilines is 2. The van der Waals surface area contributed by atoms with E-state index in [9.17, 15) is 4.79 Å². The van der Waals surface area contributed by atoms with Gasteiger partial charge in [-0.25, -0.2) is 0 Å². The summed E-state index contributed by atoms with van der Waals surface area (Å²) >= 11 is 0. The van der Waals surface area contributed by atoms with Crippen molar-refractivity contribution >= 4 is 17.3 Å². The first-order valence-electron chi connectivity index (χ1n) is 10.4. The summed E-state index contributed by atoms with van der Waals surface area (Å²) in [6.45, 7) is 2.30. The second kappa shape index (κ2) is 6.10. The minimum absolute atomic E-state index is 0.00926. The van der Waals surface area contributed by atoms with Crippen molar-refractivity contribution < 1.29 is 4.79 Å². The van der Waals surface area contributed by atoms with Crippen molar-refractivity contribution in [1.29, 1.82) is 0 Å². The number of allylic oxidation sites excluding steroid dienone is 4. The van der Waals surface area contributed by atoms with Gasteiger partial charge in [-0.3, -0.25) is 4.79 Å². The number of amides is 1. The molecule has 2 aromatic carbocycles. The monoisotopic (exact) mass is 368 g/mol. The van der Waals surface area contributed by atoms with Crippen LogP contribution in [0, 0.1) is 11.8 Å². The minimum Gasteiger partial charge on any atom is -0.370 e. The molecule has 1 N–H and O–H groups in total. The highest BCUT2D eigenvalue weighted by atomic mass is 16.1. The van der Waals surface area contributed by atoms with Crippen molar-refractivity contribution in [3.8, 4) is 0 Å². The molecular weight excluding hydrogens is 344 g/mol. The number of hydrogen-bond donors (Lipinski definition) is 1. The summed E-state index contributed by atoms with van der Waals surface area (Å²) < 4.78 is 0. The highest BCUT2D eigenvalue weighted by Gasteiger charge is 2.42. The lowest BCUT2D eigenvalue weighted by Gasteiger charge is -2.46. The summed E-state index contributed by atoms with van der Waals surface area (Å²) in [6, 6.07) is 14.1. The van der Waals surface area contributed by atoms with Crippen LogP contribution >= 0.6 is 0 Å². The number of hydrogen-bond acceptors (Lipinski definition) is 2. The van der Waals surface area contributed by atoms with E-state index in [1.165, 1.54) is 16.8 Å².